The molecular formula is C20H23Cl2NO3S. The summed E-state index contributed by atoms with van der Waals surface area (Å²) < 4.78 is 11.0. The predicted molar refractivity (Wildman–Crippen MR) is 114 cm³/mol. The van der Waals surface area contributed by atoms with Gasteiger partial charge in [-0.3, -0.25) is 4.79 Å². The van der Waals surface area contributed by atoms with Gasteiger partial charge in [0.15, 0.2) is 5.75 Å². The molecule has 0 radical (unpaired) electrons. The average Bonchev–Trinajstić information content (AvgIpc) is 2.60. The molecule has 2 aromatic carbocycles. The van der Waals surface area contributed by atoms with Crippen LogP contribution in [0.4, 0.5) is 5.69 Å². The van der Waals surface area contributed by atoms with Crippen molar-refractivity contribution < 1.29 is 14.3 Å². The summed E-state index contributed by atoms with van der Waals surface area (Å²) in [5.74, 6) is 0.916. The van der Waals surface area contributed by atoms with Crippen molar-refractivity contribution in [2.75, 3.05) is 19.0 Å². The highest BCUT2D eigenvalue weighted by molar-refractivity contribution is 8.00. The van der Waals surface area contributed by atoms with Gasteiger partial charge in [0.05, 0.1) is 16.7 Å². The lowest BCUT2D eigenvalue weighted by Gasteiger charge is -2.13. The molecule has 0 heterocycles. The highest BCUT2D eigenvalue weighted by Crippen LogP contribution is 2.39. The van der Waals surface area contributed by atoms with Crippen molar-refractivity contribution in [2.24, 2.45) is 0 Å². The van der Waals surface area contributed by atoms with Crippen LogP contribution in [-0.2, 0) is 9.53 Å². The van der Waals surface area contributed by atoms with Crippen LogP contribution in [-0.4, -0.2) is 24.9 Å². The van der Waals surface area contributed by atoms with Crippen molar-refractivity contribution in [3.05, 3.63) is 46.4 Å². The molecule has 1 N–H and O–H groups in total. The summed E-state index contributed by atoms with van der Waals surface area (Å²) in [5, 5.41) is 3.81. The molecular weight excluding hydrogens is 405 g/mol. The number of thioether (sulfide) groups is 1. The molecule has 146 valence electrons. The topological polar surface area (TPSA) is 47.6 Å². The van der Waals surface area contributed by atoms with E-state index in [9.17, 15) is 4.79 Å². The third kappa shape index (κ3) is 6.92. The Morgan fingerprint density at radius 2 is 1.81 bits per heavy atom. The number of ether oxygens (including phenoxy) is 2. The Morgan fingerprint density at radius 3 is 2.37 bits per heavy atom. The molecule has 0 spiro atoms. The van der Waals surface area contributed by atoms with Gasteiger partial charge in [0.25, 0.3) is 0 Å². The molecule has 1 amide bonds. The second kappa shape index (κ2) is 10.8. The second-order valence-corrected chi connectivity index (χ2v) is 8.35. The van der Waals surface area contributed by atoms with Crippen LogP contribution in [0.3, 0.4) is 0 Å². The number of carbonyl (C=O) groups excluding carboxylic acids is 1. The number of carbonyl (C=O) groups is 1. The van der Waals surface area contributed by atoms with E-state index < -0.39 is 0 Å². The van der Waals surface area contributed by atoms with Crippen LogP contribution in [0.25, 0.3) is 0 Å². The highest BCUT2D eigenvalue weighted by Gasteiger charge is 2.13. The van der Waals surface area contributed by atoms with Crippen molar-refractivity contribution >= 4 is 46.6 Å². The minimum absolute atomic E-state index is 0.0749. The lowest BCUT2D eigenvalue weighted by Crippen LogP contribution is -2.10. The zero-order valence-corrected chi connectivity index (χ0v) is 17.9. The number of benzene rings is 2. The van der Waals surface area contributed by atoms with E-state index in [1.54, 1.807) is 31.0 Å². The van der Waals surface area contributed by atoms with E-state index in [1.807, 2.05) is 31.2 Å². The molecule has 0 aromatic heterocycles. The molecule has 0 fully saturated rings. The SMILES string of the molecule is CCCC(=O)Nc1cc(Cl)c(Oc2ccc(SC(C)COC)cc2)c(Cl)c1. The zero-order chi connectivity index (χ0) is 19.8. The minimum atomic E-state index is -0.0749. The first-order valence-electron chi connectivity index (χ1n) is 8.65. The molecule has 0 aliphatic heterocycles. The number of hydrogen-bond acceptors (Lipinski definition) is 4. The van der Waals surface area contributed by atoms with Gasteiger partial charge in [0.2, 0.25) is 5.91 Å². The number of amides is 1. The fraction of sp³-hybridized carbons (Fsp3) is 0.350. The number of nitrogens with one attached hydrogen (secondary N) is 1. The van der Waals surface area contributed by atoms with E-state index in [0.29, 0.717) is 45.5 Å². The molecule has 2 rings (SSSR count). The molecule has 0 bridgehead atoms. The molecule has 27 heavy (non-hydrogen) atoms. The Morgan fingerprint density at radius 1 is 1.19 bits per heavy atom. The smallest absolute Gasteiger partial charge is 0.224 e. The maximum atomic E-state index is 11.7. The van der Waals surface area contributed by atoms with Crippen molar-refractivity contribution in [2.45, 2.75) is 36.8 Å². The zero-order valence-electron chi connectivity index (χ0n) is 15.6. The quantitative estimate of drug-likeness (QED) is 0.454. The third-order valence-corrected chi connectivity index (χ3v) is 5.19. The van der Waals surface area contributed by atoms with Crippen LogP contribution in [0.5, 0.6) is 11.5 Å². The Balaban J connectivity index is 2.07. The first kappa shape index (κ1) is 21.9. The van der Waals surface area contributed by atoms with Crippen LogP contribution >= 0.6 is 35.0 Å². The number of methoxy groups -OCH3 is 1. The Labute approximate surface area is 174 Å². The summed E-state index contributed by atoms with van der Waals surface area (Å²) in [6, 6.07) is 11.0. The van der Waals surface area contributed by atoms with Gasteiger partial charge in [-0.1, -0.05) is 37.0 Å². The van der Waals surface area contributed by atoms with Gasteiger partial charge in [-0.15, -0.1) is 11.8 Å². The summed E-state index contributed by atoms with van der Waals surface area (Å²) in [5.41, 5.74) is 0.551. The van der Waals surface area contributed by atoms with E-state index >= 15 is 0 Å². The second-order valence-electron chi connectivity index (χ2n) is 6.02. The molecule has 1 unspecified atom stereocenters. The minimum Gasteiger partial charge on any atom is -0.454 e. The number of halogens is 2. The molecule has 0 saturated carbocycles. The lowest BCUT2D eigenvalue weighted by molar-refractivity contribution is -0.116. The van der Waals surface area contributed by atoms with Gasteiger partial charge in [-0.2, -0.15) is 0 Å². The number of anilines is 1. The van der Waals surface area contributed by atoms with Gasteiger partial charge in [-0.05, 0) is 42.8 Å². The molecule has 1 atom stereocenters. The molecule has 0 saturated heterocycles. The summed E-state index contributed by atoms with van der Waals surface area (Å²) in [7, 11) is 1.70. The van der Waals surface area contributed by atoms with Crippen LogP contribution < -0.4 is 10.1 Å². The fourth-order valence-electron chi connectivity index (χ4n) is 2.39. The summed E-state index contributed by atoms with van der Waals surface area (Å²) in [6.45, 7) is 4.74. The molecule has 0 aliphatic rings. The largest absolute Gasteiger partial charge is 0.454 e. The summed E-state index contributed by atoms with van der Waals surface area (Å²) >= 11 is 14.3. The van der Waals surface area contributed by atoms with Crippen LogP contribution in [0, 0.1) is 0 Å². The van der Waals surface area contributed by atoms with E-state index in [-0.39, 0.29) is 5.91 Å². The predicted octanol–water partition coefficient (Wildman–Crippen LogP) is 6.65. The standard InChI is InChI=1S/C20H23Cl2NO3S/c1-4-5-19(24)23-14-10-17(21)20(18(22)11-14)26-15-6-8-16(9-7-15)27-13(2)12-25-3/h6-11,13H,4-5,12H2,1-3H3,(H,23,24). The number of rotatable bonds is 9. The van der Waals surface area contributed by atoms with Crippen LogP contribution in [0.2, 0.25) is 10.0 Å². The van der Waals surface area contributed by atoms with E-state index in [0.717, 1.165) is 11.3 Å². The van der Waals surface area contributed by atoms with Crippen molar-refractivity contribution in [3.8, 4) is 11.5 Å². The van der Waals surface area contributed by atoms with E-state index in [4.69, 9.17) is 32.7 Å². The van der Waals surface area contributed by atoms with Crippen molar-refractivity contribution in [3.63, 3.8) is 0 Å². The van der Waals surface area contributed by atoms with Gasteiger partial charge in [-0.25, -0.2) is 0 Å². The van der Waals surface area contributed by atoms with Gasteiger partial charge in [0.1, 0.15) is 5.75 Å². The van der Waals surface area contributed by atoms with Gasteiger partial charge >= 0.3 is 0 Å². The van der Waals surface area contributed by atoms with E-state index in [1.165, 1.54) is 0 Å². The van der Waals surface area contributed by atoms with Gasteiger partial charge in [0, 0.05) is 29.4 Å². The molecule has 0 aliphatic carbocycles. The Bertz CT molecular complexity index is 745. The molecule has 2 aromatic rings. The Hall–Kier alpha value is -1.40. The lowest BCUT2D eigenvalue weighted by atomic mass is 10.2. The normalized spacial score (nSPS) is 11.9. The van der Waals surface area contributed by atoms with Crippen molar-refractivity contribution in [1.82, 2.24) is 0 Å². The first-order valence-corrected chi connectivity index (χ1v) is 10.3. The summed E-state index contributed by atoms with van der Waals surface area (Å²) in [6.07, 6.45) is 1.22. The third-order valence-electron chi connectivity index (χ3n) is 3.54. The fourth-order valence-corrected chi connectivity index (χ4v) is 3.91. The molecule has 7 heteroatoms. The van der Waals surface area contributed by atoms with Crippen molar-refractivity contribution in [1.29, 1.82) is 0 Å². The monoisotopic (exact) mass is 427 g/mol. The van der Waals surface area contributed by atoms with E-state index in [2.05, 4.69) is 12.2 Å². The maximum Gasteiger partial charge on any atom is 0.224 e. The first-order chi connectivity index (χ1) is 12.9. The van der Waals surface area contributed by atoms with Gasteiger partial charge < -0.3 is 14.8 Å². The van der Waals surface area contributed by atoms with Crippen LogP contribution in [0.1, 0.15) is 26.7 Å². The number of hydrogen-bond donors (Lipinski definition) is 1. The Kier molecular flexibility index (Phi) is 8.77. The van der Waals surface area contributed by atoms with Crippen LogP contribution in [0.15, 0.2) is 41.3 Å². The highest BCUT2D eigenvalue weighted by atomic mass is 35.5. The maximum absolute atomic E-state index is 11.7. The average molecular weight is 428 g/mol. The summed E-state index contributed by atoms with van der Waals surface area (Å²) in [4.78, 5) is 12.8. The molecule has 4 nitrogen and oxygen atoms in total.